The Kier molecular flexibility index (Phi) is 5.23. The van der Waals surface area contributed by atoms with Crippen LogP contribution in [0.5, 0.6) is 0 Å². The molecule has 0 aliphatic carbocycles. The van der Waals surface area contributed by atoms with Gasteiger partial charge in [0, 0.05) is 30.0 Å². The molecule has 0 amide bonds. The second kappa shape index (κ2) is 7.36. The molecule has 0 aliphatic rings. The molecule has 0 saturated carbocycles. The molecule has 23 heavy (non-hydrogen) atoms. The first kappa shape index (κ1) is 16.3. The summed E-state index contributed by atoms with van der Waals surface area (Å²) in [4.78, 5) is 4.73. The summed E-state index contributed by atoms with van der Waals surface area (Å²) in [5.41, 5.74) is 3.25. The van der Waals surface area contributed by atoms with Gasteiger partial charge in [0.05, 0.1) is 17.8 Å². The van der Waals surface area contributed by atoms with Gasteiger partial charge in [-0.05, 0) is 23.9 Å². The lowest BCUT2D eigenvalue weighted by Crippen LogP contribution is -2.43. The molecule has 3 nitrogen and oxygen atoms in total. The molecule has 1 aromatic carbocycles. The minimum atomic E-state index is -0.234. The number of nitrogens with one attached hydrogen (secondary N) is 1. The van der Waals surface area contributed by atoms with Gasteiger partial charge < -0.3 is 4.74 Å². The van der Waals surface area contributed by atoms with Gasteiger partial charge in [-0.25, -0.2) is 4.98 Å². The predicted molar refractivity (Wildman–Crippen MR) is 97.9 cm³/mol. The van der Waals surface area contributed by atoms with Gasteiger partial charge in [-0.15, -0.1) is 11.3 Å². The summed E-state index contributed by atoms with van der Waals surface area (Å²) in [6.07, 6.45) is 0. The van der Waals surface area contributed by atoms with Crippen LogP contribution in [-0.4, -0.2) is 18.7 Å². The van der Waals surface area contributed by atoms with E-state index in [1.54, 1.807) is 29.8 Å². The van der Waals surface area contributed by atoms with Crippen molar-refractivity contribution in [3.8, 4) is 10.6 Å². The number of thiazole rings is 1. The molecule has 0 aliphatic heterocycles. The Labute approximate surface area is 145 Å². The largest absolute Gasteiger partial charge is 0.382 e. The quantitative estimate of drug-likeness (QED) is 0.684. The highest BCUT2D eigenvalue weighted by Crippen LogP contribution is 2.26. The lowest BCUT2D eigenvalue weighted by Gasteiger charge is -2.30. The molecule has 2 aromatic heterocycles. The normalized spacial score (nSPS) is 13.8. The number of hydrogen-bond acceptors (Lipinski definition) is 5. The molecular formula is C18H20N2OS2. The first-order valence-electron chi connectivity index (χ1n) is 7.48. The van der Waals surface area contributed by atoms with E-state index < -0.39 is 0 Å². The summed E-state index contributed by atoms with van der Waals surface area (Å²) in [6, 6.07) is 12.5. The number of ether oxygens (including phenoxy) is 1. The van der Waals surface area contributed by atoms with Crippen LogP contribution in [0.15, 0.2) is 52.5 Å². The van der Waals surface area contributed by atoms with E-state index >= 15 is 0 Å². The van der Waals surface area contributed by atoms with Crippen LogP contribution in [0.4, 0.5) is 0 Å². The van der Waals surface area contributed by atoms with E-state index in [4.69, 9.17) is 9.72 Å². The van der Waals surface area contributed by atoms with Crippen molar-refractivity contribution >= 4 is 22.7 Å². The summed E-state index contributed by atoms with van der Waals surface area (Å²) in [5, 5.41) is 11.0. The van der Waals surface area contributed by atoms with Crippen molar-refractivity contribution in [3.63, 3.8) is 0 Å². The molecule has 0 fully saturated rings. The van der Waals surface area contributed by atoms with Gasteiger partial charge in [-0.1, -0.05) is 30.3 Å². The first-order valence-corrected chi connectivity index (χ1v) is 9.30. The van der Waals surface area contributed by atoms with Gasteiger partial charge in [-0.2, -0.15) is 11.3 Å². The predicted octanol–water partition coefficient (Wildman–Crippen LogP) is 4.52. The van der Waals surface area contributed by atoms with Gasteiger partial charge in [0.15, 0.2) is 0 Å². The van der Waals surface area contributed by atoms with Crippen LogP contribution in [0.3, 0.4) is 0 Å². The molecule has 0 radical (unpaired) electrons. The number of hydrogen-bond donors (Lipinski definition) is 1. The molecule has 0 saturated heterocycles. The van der Waals surface area contributed by atoms with Crippen LogP contribution in [0, 0.1) is 0 Å². The van der Waals surface area contributed by atoms with E-state index in [1.165, 1.54) is 11.1 Å². The van der Waals surface area contributed by atoms with Gasteiger partial charge >= 0.3 is 0 Å². The van der Waals surface area contributed by atoms with Crippen molar-refractivity contribution in [1.29, 1.82) is 0 Å². The summed E-state index contributed by atoms with van der Waals surface area (Å²) in [5.74, 6) is 0. The molecule has 1 atom stereocenters. The fourth-order valence-corrected chi connectivity index (χ4v) is 4.06. The average molecular weight is 345 g/mol. The van der Waals surface area contributed by atoms with E-state index in [2.05, 4.69) is 58.7 Å². The Morgan fingerprint density at radius 3 is 2.70 bits per heavy atom. The number of thiophene rings is 1. The molecular weight excluding hydrogens is 324 g/mol. The third-order valence-electron chi connectivity index (χ3n) is 3.82. The Morgan fingerprint density at radius 2 is 2.00 bits per heavy atom. The van der Waals surface area contributed by atoms with Gasteiger partial charge in [0.25, 0.3) is 0 Å². The second-order valence-electron chi connectivity index (χ2n) is 5.64. The third-order valence-corrected chi connectivity index (χ3v) is 5.45. The van der Waals surface area contributed by atoms with Gasteiger partial charge in [0.2, 0.25) is 0 Å². The zero-order valence-electron chi connectivity index (χ0n) is 13.3. The molecule has 1 N–H and O–H groups in total. The van der Waals surface area contributed by atoms with Crippen molar-refractivity contribution in [2.24, 2.45) is 0 Å². The van der Waals surface area contributed by atoms with Crippen LogP contribution in [0.1, 0.15) is 18.2 Å². The maximum atomic E-state index is 5.44. The Hall–Kier alpha value is -1.53. The molecule has 0 unspecified atom stereocenters. The smallest absolute Gasteiger partial charge is 0.124 e. The summed E-state index contributed by atoms with van der Waals surface area (Å²) in [6.45, 7) is 3.49. The van der Waals surface area contributed by atoms with Crippen LogP contribution in [0.25, 0.3) is 10.6 Å². The van der Waals surface area contributed by atoms with Crippen molar-refractivity contribution in [1.82, 2.24) is 10.3 Å². The zero-order valence-corrected chi connectivity index (χ0v) is 14.9. The Bertz CT molecular complexity index is 725. The number of methoxy groups -OCH3 is 1. The fraction of sp³-hybridized carbons (Fsp3) is 0.278. The highest BCUT2D eigenvalue weighted by atomic mass is 32.1. The van der Waals surface area contributed by atoms with E-state index in [9.17, 15) is 0 Å². The lowest BCUT2D eigenvalue weighted by molar-refractivity contribution is 0.117. The summed E-state index contributed by atoms with van der Waals surface area (Å²) >= 11 is 3.39. The van der Waals surface area contributed by atoms with E-state index in [-0.39, 0.29) is 5.54 Å². The molecule has 120 valence electrons. The summed E-state index contributed by atoms with van der Waals surface area (Å²) in [7, 11) is 1.74. The molecule has 3 rings (SSSR count). The highest BCUT2D eigenvalue weighted by Gasteiger charge is 2.26. The zero-order chi connectivity index (χ0) is 16.1. The molecule has 2 heterocycles. The topological polar surface area (TPSA) is 34.1 Å². The van der Waals surface area contributed by atoms with Crippen LogP contribution < -0.4 is 5.32 Å². The Balaban J connectivity index is 1.72. The fourth-order valence-electron chi connectivity index (χ4n) is 2.52. The maximum absolute atomic E-state index is 5.44. The molecule has 0 bridgehead atoms. The number of aromatic nitrogens is 1. The standard InChI is InChI=1S/C18H20N2OS2/c1-18(13-21-2,15-6-4-3-5-7-15)19-10-16-12-23-17(20-16)14-8-9-22-11-14/h3-9,11-12,19H,10,13H2,1-2H3/t18-/m1/s1. The van der Waals surface area contributed by atoms with Crippen molar-refractivity contribution in [3.05, 3.63) is 63.8 Å². The monoisotopic (exact) mass is 344 g/mol. The van der Waals surface area contributed by atoms with Crippen molar-refractivity contribution < 1.29 is 4.74 Å². The maximum Gasteiger partial charge on any atom is 0.124 e. The van der Waals surface area contributed by atoms with Gasteiger partial charge in [-0.3, -0.25) is 5.32 Å². The van der Waals surface area contributed by atoms with Crippen LogP contribution in [0.2, 0.25) is 0 Å². The van der Waals surface area contributed by atoms with Crippen LogP contribution in [-0.2, 0) is 16.8 Å². The van der Waals surface area contributed by atoms with E-state index in [0.717, 1.165) is 17.2 Å². The van der Waals surface area contributed by atoms with Crippen LogP contribution >= 0.6 is 22.7 Å². The number of benzene rings is 1. The minimum absolute atomic E-state index is 0.234. The van der Waals surface area contributed by atoms with Crippen molar-refractivity contribution in [2.75, 3.05) is 13.7 Å². The average Bonchev–Trinajstić information content (AvgIpc) is 3.25. The molecule has 5 heteroatoms. The second-order valence-corrected chi connectivity index (χ2v) is 7.28. The lowest BCUT2D eigenvalue weighted by atomic mass is 9.93. The highest BCUT2D eigenvalue weighted by molar-refractivity contribution is 7.14. The summed E-state index contributed by atoms with van der Waals surface area (Å²) < 4.78 is 5.44. The van der Waals surface area contributed by atoms with E-state index in [0.29, 0.717) is 6.61 Å². The van der Waals surface area contributed by atoms with Crippen molar-refractivity contribution in [2.45, 2.75) is 19.0 Å². The minimum Gasteiger partial charge on any atom is -0.382 e. The SMILES string of the molecule is COC[C@@](C)(NCc1csc(-c2ccsc2)n1)c1ccccc1. The Morgan fingerprint density at radius 1 is 1.17 bits per heavy atom. The number of nitrogens with zero attached hydrogens (tertiary/aromatic N) is 1. The molecule has 0 spiro atoms. The number of rotatable bonds is 7. The molecule has 3 aromatic rings. The first-order chi connectivity index (χ1) is 11.2. The van der Waals surface area contributed by atoms with Gasteiger partial charge in [0.1, 0.15) is 5.01 Å². The van der Waals surface area contributed by atoms with E-state index in [1.807, 2.05) is 6.07 Å². The third kappa shape index (κ3) is 3.87.